The first-order valence-corrected chi connectivity index (χ1v) is 7.75. The summed E-state index contributed by atoms with van der Waals surface area (Å²) in [5.74, 6) is 2.47. The molecule has 1 aromatic heterocycles. The minimum absolute atomic E-state index is 0.181. The van der Waals surface area contributed by atoms with Crippen molar-refractivity contribution in [2.75, 3.05) is 5.32 Å². The van der Waals surface area contributed by atoms with Gasteiger partial charge in [0.15, 0.2) is 0 Å². The third-order valence-corrected chi connectivity index (χ3v) is 5.67. The third kappa shape index (κ3) is 1.85. The minimum Gasteiger partial charge on any atom is -0.300 e. The van der Waals surface area contributed by atoms with E-state index in [0.717, 1.165) is 17.3 Å². The Morgan fingerprint density at radius 3 is 2.72 bits per heavy atom. The molecule has 3 fully saturated rings. The van der Waals surface area contributed by atoms with E-state index in [-0.39, 0.29) is 11.8 Å². The number of carbonyl (C=O) groups is 1. The van der Waals surface area contributed by atoms with Gasteiger partial charge in [0.2, 0.25) is 11.0 Å². The molecule has 1 heterocycles. The van der Waals surface area contributed by atoms with Crippen molar-refractivity contribution in [2.45, 2.75) is 44.4 Å². The Morgan fingerprint density at radius 1 is 1.17 bits per heavy atom. The van der Waals surface area contributed by atoms with Crippen molar-refractivity contribution in [2.24, 2.45) is 17.8 Å². The largest absolute Gasteiger partial charge is 0.300 e. The molecule has 3 saturated carbocycles. The normalized spacial score (nSPS) is 33.9. The van der Waals surface area contributed by atoms with Gasteiger partial charge in [-0.15, -0.1) is 10.2 Å². The summed E-state index contributed by atoms with van der Waals surface area (Å²) < 4.78 is 0. The maximum Gasteiger partial charge on any atom is 0.229 e. The lowest BCUT2D eigenvalue weighted by molar-refractivity contribution is -0.121. The van der Waals surface area contributed by atoms with Gasteiger partial charge in [-0.05, 0) is 43.9 Å². The van der Waals surface area contributed by atoms with Gasteiger partial charge in [0, 0.05) is 11.8 Å². The van der Waals surface area contributed by atoms with E-state index in [2.05, 4.69) is 15.5 Å². The molecule has 5 heteroatoms. The van der Waals surface area contributed by atoms with Gasteiger partial charge in [-0.25, -0.2) is 0 Å². The summed E-state index contributed by atoms with van der Waals surface area (Å²) in [5.41, 5.74) is 0. The van der Waals surface area contributed by atoms with E-state index in [4.69, 9.17) is 0 Å². The molecule has 0 spiro atoms. The summed E-state index contributed by atoms with van der Waals surface area (Å²) >= 11 is 1.56. The number of anilines is 1. The lowest BCUT2D eigenvalue weighted by Gasteiger charge is -2.19. The van der Waals surface area contributed by atoms with E-state index in [1.165, 1.54) is 32.1 Å². The molecule has 96 valence electrons. The quantitative estimate of drug-likeness (QED) is 0.912. The van der Waals surface area contributed by atoms with Crippen molar-refractivity contribution in [3.63, 3.8) is 0 Å². The highest BCUT2D eigenvalue weighted by Crippen LogP contribution is 2.48. The molecule has 1 aromatic rings. The van der Waals surface area contributed by atoms with Crippen molar-refractivity contribution < 1.29 is 4.79 Å². The highest BCUT2D eigenvalue weighted by molar-refractivity contribution is 7.15. The van der Waals surface area contributed by atoms with Crippen molar-refractivity contribution >= 4 is 22.4 Å². The molecule has 3 aliphatic rings. The van der Waals surface area contributed by atoms with E-state index in [9.17, 15) is 4.79 Å². The van der Waals surface area contributed by atoms with Crippen molar-refractivity contribution in [1.29, 1.82) is 0 Å². The summed E-state index contributed by atoms with van der Waals surface area (Å²) in [4.78, 5) is 12.2. The SMILES string of the molecule is O=C(Nc1nnc(C2CC2)s1)[C@H]1C[C@H]2CC[C@H]1C2. The number of aromatic nitrogens is 2. The molecule has 0 radical (unpaired) electrons. The molecule has 4 rings (SSSR count). The molecule has 0 aromatic carbocycles. The summed E-state index contributed by atoms with van der Waals surface area (Å²) in [6, 6.07) is 0. The van der Waals surface area contributed by atoms with Crippen LogP contribution in [0.4, 0.5) is 5.13 Å². The molecule has 18 heavy (non-hydrogen) atoms. The van der Waals surface area contributed by atoms with Gasteiger partial charge in [0.05, 0.1) is 0 Å². The van der Waals surface area contributed by atoms with Gasteiger partial charge >= 0.3 is 0 Å². The van der Waals surface area contributed by atoms with Crippen LogP contribution in [0, 0.1) is 17.8 Å². The number of amides is 1. The van der Waals surface area contributed by atoms with Gasteiger partial charge in [-0.1, -0.05) is 17.8 Å². The first-order valence-electron chi connectivity index (χ1n) is 6.94. The summed E-state index contributed by atoms with van der Waals surface area (Å²) in [5, 5.41) is 13.0. The van der Waals surface area contributed by atoms with E-state index in [1.807, 2.05) is 0 Å². The molecular formula is C13H17N3OS. The van der Waals surface area contributed by atoms with Crippen LogP contribution in [-0.2, 0) is 4.79 Å². The zero-order chi connectivity index (χ0) is 12.1. The van der Waals surface area contributed by atoms with Crippen LogP contribution in [0.2, 0.25) is 0 Å². The van der Waals surface area contributed by atoms with Crippen LogP contribution in [0.3, 0.4) is 0 Å². The van der Waals surface area contributed by atoms with Crippen LogP contribution in [0.15, 0.2) is 0 Å². The molecule has 3 aliphatic carbocycles. The van der Waals surface area contributed by atoms with E-state index in [1.54, 1.807) is 11.3 Å². The Bertz CT molecular complexity index is 482. The number of carbonyl (C=O) groups excluding carboxylic acids is 1. The van der Waals surface area contributed by atoms with Crippen LogP contribution in [0.1, 0.15) is 49.5 Å². The molecule has 4 nitrogen and oxygen atoms in total. The third-order valence-electron chi connectivity index (χ3n) is 4.67. The lowest BCUT2D eigenvalue weighted by atomic mass is 9.88. The average molecular weight is 263 g/mol. The zero-order valence-corrected chi connectivity index (χ0v) is 11.1. The number of fused-ring (bicyclic) bond motifs is 2. The van der Waals surface area contributed by atoms with Crippen LogP contribution < -0.4 is 5.32 Å². The van der Waals surface area contributed by atoms with Crippen LogP contribution in [-0.4, -0.2) is 16.1 Å². The van der Waals surface area contributed by atoms with Gasteiger partial charge in [0.25, 0.3) is 0 Å². The van der Waals surface area contributed by atoms with Crippen molar-refractivity contribution in [3.8, 4) is 0 Å². The number of hydrogen-bond acceptors (Lipinski definition) is 4. The van der Waals surface area contributed by atoms with Gasteiger partial charge in [0.1, 0.15) is 5.01 Å². The summed E-state index contributed by atoms with van der Waals surface area (Å²) in [7, 11) is 0. The summed E-state index contributed by atoms with van der Waals surface area (Å²) in [6.45, 7) is 0. The minimum atomic E-state index is 0.181. The molecular weight excluding hydrogens is 246 g/mol. The molecule has 3 atom stereocenters. The number of hydrogen-bond donors (Lipinski definition) is 1. The Hall–Kier alpha value is -0.970. The second-order valence-electron chi connectivity index (χ2n) is 5.99. The van der Waals surface area contributed by atoms with Gasteiger partial charge in [-0.2, -0.15) is 0 Å². The van der Waals surface area contributed by atoms with Gasteiger partial charge < -0.3 is 5.32 Å². The smallest absolute Gasteiger partial charge is 0.229 e. The fourth-order valence-electron chi connectivity index (χ4n) is 3.54. The van der Waals surface area contributed by atoms with E-state index in [0.29, 0.717) is 17.0 Å². The van der Waals surface area contributed by atoms with Crippen molar-refractivity contribution in [1.82, 2.24) is 10.2 Å². The van der Waals surface area contributed by atoms with Crippen molar-refractivity contribution in [3.05, 3.63) is 5.01 Å². The predicted molar refractivity (Wildman–Crippen MR) is 69.5 cm³/mol. The highest BCUT2D eigenvalue weighted by atomic mass is 32.1. The maximum absolute atomic E-state index is 12.2. The number of nitrogens with one attached hydrogen (secondary N) is 1. The van der Waals surface area contributed by atoms with Crippen LogP contribution >= 0.6 is 11.3 Å². The van der Waals surface area contributed by atoms with Gasteiger partial charge in [-0.3, -0.25) is 4.79 Å². The van der Waals surface area contributed by atoms with Crippen LogP contribution in [0.25, 0.3) is 0 Å². The average Bonchev–Trinajstić information content (AvgIpc) is 2.82. The predicted octanol–water partition coefficient (Wildman–Crippen LogP) is 2.79. The molecule has 0 unspecified atom stereocenters. The molecule has 2 bridgehead atoms. The Kier molecular flexibility index (Phi) is 2.43. The molecule has 0 aliphatic heterocycles. The highest BCUT2D eigenvalue weighted by Gasteiger charge is 2.43. The summed E-state index contributed by atoms with van der Waals surface area (Å²) in [6.07, 6.45) is 7.39. The molecule has 0 saturated heterocycles. The van der Waals surface area contributed by atoms with Crippen LogP contribution in [0.5, 0.6) is 0 Å². The first-order chi connectivity index (χ1) is 8.79. The Balaban J connectivity index is 1.42. The molecule has 1 N–H and O–H groups in total. The lowest BCUT2D eigenvalue weighted by Crippen LogP contribution is -2.27. The number of rotatable bonds is 3. The Morgan fingerprint density at radius 2 is 2.06 bits per heavy atom. The number of nitrogens with zero attached hydrogens (tertiary/aromatic N) is 2. The first kappa shape index (κ1) is 10.9. The second kappa shape index (κ2) is 4.02. The fourth-order valence-corrected chi connectivity index (χ4v) is 4.46. The zero-order valence-electron chi connectivity index (χ0n) is 10.3. The topological polar surface area (TPSA) is 54.9 Å². The second-order valence-corrected chi connectivity index (χ2v) is 7.00. The Labute approximate surface area is 110 Å². The standard InChI is InChI=1S/C13H17N3OS/c17-11(10-6-7-1-2-9(10)5-7)14-13-16-15-12(18-13)8-3-4-8/h7-10H,1-6H2,(H,14,16,17)/t7-,9-,10-/m0/s1. The fraction of sp³-hybridized carbons (Fsp3) is 0.769. The monoisotopic (exact) mass is 263 g/mol. The van der Waals surface area contributed by atoms with E-state index < -0.39 is 0 Å². The maximum atomic E-state index is 12.2. The van der Waals surface area contributed by atoms with E-state index >= 15 is 0 Å². The molecule has 1 amide bonds.